The Kier molecular flexibility index (Phi) is 4.39. The largest absolute Gasteiger partial charge is 0.508 e. The number of fused-ring (bicyclic) bond motifs is 3. The van der Waals surface area contributed by atoms with E-state index >= 15 is 0 Å². The number of Topliss-reactive ketones (excluding diaryl/α,β-unsaturated/α-hetero) is 2. The van der Waals surface area contributed by atoms with Crippen molar-refractivity contribution in [2.24, 2.45) is 17.6 Å². The lowest BCUT2D eigenvalue weighted by molar-refractivity contribution is -0.147. The molecule has 0 bridgehead atoms. The summed E-state index contributed by atoms with van der Waals surface area (Å²) in [5, 5.41) is 43.4. The average molecular weight is 440 g/mol. The molecule has 1 saturated heterocycles. The third-order valence-electron chi connectivity index (χ3n) is 7.37. The number of ketones is 2. The molecule has 0 radical (unpaired) electrons. The second-order valence-electron chi connectivity index (χ2n) is 9.06. The molecule has 1 amide bonds. The minimum atomic E-state index is -2.53. The van der Waals surface area contributed by atoms with E-state index in [9.17, 15) is 34.8 Å². The van der Waals surface area contributed by atoms with Crippen molar-refractivity contribution in [3.63, 3.8) is 0 Å². The third kappa shape index (κ3) is 2.57. The van der Waals surface area contributed by atoms with Gasteiger partial charge in [0.2, 0.25) is 5.78 Å². The number of aromatic hydroxyl groups is 1. The van der Waals surface area contributed by atoms with Gasteiger partial charge in [-0.25, -0.2) is 0 Å². The Morgan fingerprint density at radius 2 is 1.78 bits per heavy atom. The number of carbonyl (C=O) groups is 3. The zero-order valence-corrected chi connectivity index (χ0v) is 17.3. The van der Waals surface area contributed by atoms with E-state index in [1.54, 1.807) is 6.07 Å². The van der Waals surface area contributed by atoms with Crippen molar-refractivity contribution in [2.75, 3.05) is 18.0 Å². The first-order valence-electron chi connectivity index (χ1n) is 10.7. The van der Waals surface area contributed by atoms with Crippen molar-refractivity contribution < 1.29 is 34.8 Å². The molecule has 1 aromatic rings. The molecule has 0 aromatic heterocycles. The second kappa shape index (κ2) is 6.83. The fraction of sp³-hybridized carbons (Fsp3) is 0.435. The molecule has 3 aliphatic carbocycles. The first kappa shape index (κ1) is 20.6. The highest BCUT2D eigenvalue weighted by molar-refractivity contribution is 6.22. The molecule has 0 unspecified atom stereocenters. The van der Waals surface area contributed by atoms with Crippen LogP contribution in [0.25, 0.3) is 5.76 Å². The van der Waals surface area contributed by atoms with Gasteiger partial charge in [0.25, 0.3) is 5.91 Å². The fourth-order valence-corrected chi connectivity index (χ4v) is 5.86. The Bertz CT molecular complexity index is 1150. The molecule has 168 valence electrons. The van der Waals surface area contributed by atoms with E-state index in [4.69, 9.17) is 5.73 Å². The standard InChI is InChI=1S/C23H24N2O7/c24-22(31)18-15(27)9-11-7-10-8-12-13(25-5-1-2-6-25)3-4-14(26)17(12)19(28)16(10)20(29)23(11,32)21(18)30/h3-4,10-11,26,28,30,32H,1-2,5-9H2,(H2,24,31)/t10-,11+,23+/m1/s1. The summed E-state index contributed by atoms with van der Waals surface area (Å²) in [4.78, 5) is 39.7. The number of anilines is 1. The molecule has 1 saturated carbocycles. The molecule has 6 N–H and O–H groups in total. The number of hydrogen-bond acceptors (Lipinski definition) is 8. The van der Waals surface area contributed by atoms with Crippen LogP contribution in [0.1, 0.15) is 36.8 Å². The molecule has 5 rings (SSSR count). The Morgan fingerprint density at radius 3 is 2.44 bits per heavy atom. The van der Waals surface area contributed by atoms with Gasteiger partial charge in [0.15, 0.2) is 11.4 Å². The van der Waals surface area contributed by atoms with Crippen LogP contribution in [0.4, 0.5) is 5.69 Å². The van der Waals surface area contributed by atoms with E-state index in [-0.39, 0.29) is 29.7 Å². The highest BCUT2D eigenvalue weighted by Gasteiger charge is 2.60. The zero-order chi connectivity index (χ0) is 22.9. The summed E-state index contributed by atoms with van der Waals surface area (Å²) in [6.07, 6.45) is 2.22. The lowest BCUT2D eigenvalue weighted by Gasteiger charge is -2.46. The molecule has 9 heteroatoms. The topological polar surface area (TPSA) is 161 Å². The molecule has 1 aromatic carbocycles. The minimum Gasteiger partial charge on any atom is -0.508 e. The first-order chi connectivity index (χ1) is 15.2. The Balaban J connectivity index is 1.68. The van der Waals surface area contributed by atoms with Gasteiger partial charge in [-0.3, -0.25) is 14.4 Å². The number of aliphatic hydroxyl groups excluding tert-OH is 2. The molecule has 1 aliphatic heterocycles. The van der Waals surface area contributed by atoms with Crippen molar-refractivity contribution >= 4 is 28.9 Å². The normalized spacial score (nSPS) is 29.7. The van der Waals surface area contributed by atoms with E-state index in [0.717, 1.165) is 37.2 Å². The van der Waals surface area contributed by atoms with Crippen LogP contribution in [0, 0.1) is 11.8 Å². The summed E-state index contributed by atoms with van der Waals surface area (Å²) in [7, 11) is 0. The fourth-order valence-electron chi connectivity index (χ4n) is 5.86. The predicted molar refractivity (Wildman–Crippen MR) is 113 cm³/mol. The van der Waals surface area contributed by atoms with E-state index in [1.807, 2.05) is 0 Å². The summed E-state index contributed by atoms with van der Waals surface area (Å²) in [6, 6.07) is 3.27. The van der Waals surface area contributed by atoms with Crippen LogP contribution in [-0.2, 0) is 20.8 Å². The Morgan fingerprint density at radius 1 is 1.09 bits per heavy atom. The Hall–Kier alpha value is -3.33. The van der Waals surface area contributed by atoms with Gasteiger partial charge in [-0.05, 0) is 49.3 Å². The maximum atomic E-state index is 13.5. The van der Waals surface area contributed by atoms with Crippen LogP contribution in [0.3, 0.4) is 0 Å². The van der Waals surface area contributed by atoms with Crippen molar-refractivity contribution in [3.05, 3.63) is 40.2 Å². The van der Waals surface area contributed by atoms with Crippen LogP contribution in [0.5, 0.6) is 5.75 Å². The van der Waals surface area contributed by atoms with Gasteiger partial charge in [0.1, 0.15) is 22.8 Å². The first-order valence-corrected chi connectivity index (χ1v) is 10.7. The van der Waals surface area contributed by atoms with E-state index in [1.165, 1.54) is 6.07 Å². The van der Waals surface area contributed by atoms with Gasteiger partial charge >= 0.3 is 0 Å². The summed E-state index contributed by atoms with van der Waals surface area (Å²) in [6.45, 7) is 1.70. The Labute approximate surface area is 183 Å². The average Bonchev–Trinajstić information content (AvgIpc) is 3.25. The van der Waals surface area contributed by atoms with Crippen molar-refractivity contribution in [1.29, 1.82) is 0 Å². The SMILES string of the molecule is NC(=O)C1=C(O)[C@@]2(O)C(=O)C3=C(O)c4c(O)ccc(N5CCCC5)c4C[C@H]3C[C@H]2CC1=O. The number of nitrogens with two attached hydrogens (primary N) is 1. The predicted octanol–water partition coefficient (Wildman–Crippen LogP) is 1.02. The highest BCUT2D eigenvalue weighted by Crippen LogP contribution is 2.53. The lowest BCUT2D eigenvalue weighted by atomic mass is 9.59. The quantitative estimate of drug-likeness (QED) is 0.426. The number of nitrogens with zero attached hydrogens (tertiary/aromatic N) is 1. The van der Waals surface area contributed by atoms with Crippen LogP contribution < -0.4 is 10.6 Å². The minimum absolute atomic E-state index is 0.116. The van der Waals surface area contributed by atoms with Gasteiger partial charge in [0.05, 0.1) is 5.56 Å². The van der Waals surface area contributed by atoms with Crippen molar-refractivity contribution in [3.8, 4) is 5.75 Å². The number of primary amides is 1. The van der Waals surface area contributed by atoms with Crippen LogP contribution >= 0.6 is 0 Å². The molecule has 0 spiro atoms. The van der Waals surface area contributed by atoms with Crippen molar-refractivity contribution in [2.45, 2.75) is 37.7 Å². The van der Waals surface area contributed by atoms with Gasteiger partial charge < -0.3 is 31.1 Å². The maximum absolute atomic E-state index is 13.5. The second-order valence-corrected chi connectivity index (χ2v) is 9.06. The molecular weight excluding hydrogens is 416 g/mol. The monoisotopic (exact) mass is 440 g/mol. The molecule has 1 heterocycles. The number of rotatable bonds is 2. The van der Waals surface area contributed by atoms with Crippen molar-refractivity contribution in [1.82, 2.24) is 0 Å². The number of phenols is 1. The van der Waals surface area contributed by atoms with Crippen LogP contribution in [0.2, 0.25) is 0 Å². The van der Waals surface area contributed by atoms with E-state index in [0.29, 0.717) is 6.42 Å². The highest BCUT2D eigenvalue weighted by atomic mass is 16.3. The zero-order valence-electron chi connectivity index (χ0n) is 17.3. The van der Waals surface area contributed by atoms with Gasteiger partial charge in [0, 0.05) is 36.7 Å². The van der Waals surface area contributed by atoms with Crippen LogP contribution in [-0.4, -0.2) is 56.6 Å². The summed E-state index contributed by atoms with van der Waals surface area (Å²) in [5.41, 5.74) is 3.50. The number of benzene rings is 1. The summed E-state index contributed by atoms with van der Waals surface area (Å²) in [5.74, 6) is -6.09. The molecule has 9 nitrogen and oxygen atoms in total. The summed E-state index contributed by atoms with van der Waals surface area (Å²) >= 11 is 0. The lowest BCUT2D eigenvalue weighted by Crippen LogP contribution is -2.58. The number of phenolic OH excluding ortho intramolecular Hbond substituents is 1. The molecule has 2 fully saturated rings. The number of amides is 1. The smallest absolute Gasteiger partial charge is 0.255 e. The van der Waals surface area contributed by atoms with E-state index in [2.05, 4.69) is 4.90 Å². The van der Waals surface area contributed by atoms with Gasteiger partial charge in [-0.2, -0.15) is 0 Å². The molecule has 32 heavy (non-hydrogen) atoms. The van der Waals surface area contributed by atoms with Gasteiger partial charge in [-0.1, -0.05) is 0 Å². The summed E-state index contributed by atoms with van der Waals surface area (Å²) < 4.78 is 0. The number of carbonyl (C=O) groups excluding carboxylic acids is 3. The number of hydrogen-bond donors (Lipinski definition) is 5. The van der Waals surface area contributed by atoms with Crippen LogP contribution in [0.15, 0.2) is 29.0 Å². The maximum Gasteiger partial charge on any atom is 0.255 e. The third-order valence-corrected chi connectivity index (χ3v) is 7.37. The molecule has 3 atom stereocenters. The molecule has 4 aliphatic rings. The molecular formula is C23H24N2O7. The van der Waals surface area contributed by atoms with Gasteiger partial charge in [-0.15, -0.1) is 0 Å². The van der Waals surface area contributed by atoms with E-state index < -0.39 is 52.0 Å². The number of aliphatic hydroxyl groups is 3.